The van der Waals surface area contributed by atoms with E-state index in [1.807, 2.05) is 0 Å². The van der Waals surface area contributed by atoms with Crippen molar-refractivity contribution in [1.29, 1.82) is 0 Å². The van der Waals surface area contributed by atoms with E-state index in [2.05, 4.69) is 59.1 Å². The van der Waals surface area contributed by atoms with Crippen molar-refractivity contribution in [3.05, 3.63) is 29.8 Å². The van der Waals surface area contributed by atoms with E-state index in [0.717, 1.165) is 30.7 Å². The molecule has 22 heavy (non-hydrogen) atoms. The maximum absolute atomic E-state index is 5.03. The zero-order chi connectivity index (χ0) is 15.8. The van der Waals surface area contributed by atoms with E-state index in [0.29, 0.717) is 19.2 Å². The van der Waals surface area contributed by atoms with Gasteiger partial charge in [-0.15, -0.1) is 0 Å². The molecule has 122 valence electrons. The summed E-state index contributed by atoms with van der Waals surface area (Å²) < 4.78 is 5.03. The van der Waals surface area contributed by atoms with Crippen molar-refractivity contribution >= 4 is 11.6 Å². The lowest BCUT2D eigenvalue weighted by Crippen LogP contribution is -2.39. The summed E-state index contributed by atoms with van der Waals surface area (Å²) in [5, 5.41) is 10.1. The van der Waals surface area contributed by atoms with E-state index in [1.165, 1.54) is 12.0 Å². The third-order valence-electron chi connectivity index (χ3n) is 3.78. The van der Waals surface area contributed by atoms with Gasteiger partial charge in [0.05, 0.1) is 13.2 Å². The van der Waals surface area contributed by atoms with Gasteiger partial charge in [-0.25, -0.2) is 4.99 Å². The van der Waals surface area contributed by atoms with Crippen LogP contribution in [-0.4, -0.2) is 38.8 Å². The molecule has 0 radical (unpaired) electrons. The van der Waals surface area contributed by atoms with Crippen LogP contribution in [0.15, 0.2) is 29.3 Å². The van der Waals surface area contributed by atoms with E-state index in [4.69, 9.17) is 4.74 Å². The van der Waals surface area contributed by atoms with Gasteiger partial charge in [0.2, 0.25) is 0 Å². The van der Waals surface area contributed by atoms with Crippen LogP contribution in [0, 0.1) is 5.92 Å². The Morgan fingerprint density at radius 2 is 2.05 bits per heavy atom. The molecule has 1 aromatic carbocycles. The summed E-state index contributed by atoms with van der Waals surface area (Å²) in [6.45, 7) is 7.46. The third kappa shape index (κ3) is 5.56. The standard InChI is InChI=1S/C17H28N4O/c1-4-18-17(21-16-11-13(16)2)20-12-14-5-7-15(8-6-14)19-9-10-22-3/h5-8,13,16,19H,4,9-12H2,1-3H3,(H2,18,20,21). The van der Waals surface area contributed by atoms with Gasteiger partial charge in [0.1, 0.15) is 0 Å². The van der Waals surface area contributed by atoms with E-state index in [-0.39, 0.29) is 0 Å². The number of ether oxygens (including phenoxy) is 1. The first-order chi connectivity index (χ1) is 10.7. The number of benzene rings is 1. The second-order valence-corrected chi connectivity index (χ2v) is 5.78. The molecule has 1 fully saturated rings. The number of anilines is 1. The monoisotopic (exact) mass is 304 g/mol. The van der Waals surface area contributed by atoms with Crippen LogP contribution in [0.2, 0.25) is 0 Å². The summed E-state index contributed by atoms with van der Waals surface area (Å²) in [7, 11) is 1.71. The summed E-state index contributed by atoms with van der Waals surface area (Å²) in [6, 6.07) is 8.99. The highest BCUT2D eigenvalue weighted by Gasteiger charge is 2.33. The Morgan fingerprint density at radius 1 is 1.32 bits per heavy atom. The van der Waals surface area contributed by atoms with Crippen molar-refractivity contribution in [2.75, 3.05) is 32.1 Å². The first kappa shape index (κ1) is 16.6. The molecule has 1 aliphatic rings. The molecule has 0 aliphatic heterocycles. The zero-order valence-electron chi connectivity index (χ0n) is 13.9. The Hall–Kier alpha value is -1.75. The van der Waals surface area contributed by atoms with Crippen LogP contribution in [0.5, 0.6) is 0 Å². The van der Waals surface area contributed by atoms with Gasteiger partial charge in [0, 0.05) is 31.9 Å². The van der Waals surface area contributed by atoms with E-state index in [9.17, 15) is 0 Å². The fourth-order valence-corrected chi connectivity index (χ4v) is 2.21. The molecule has 1 aromatic rings. The van der Waals surface area contributed by atoms with Crippen LogP contribution in [0.3, 0.4) is 0 Å². The maximum atomic E-state index is 5.03. The van der Waals surface area contributed by atoms with Crippen LogP contribution < -0.4 is 16.0 Å². The Kier molecular flexibility index (Phi) is 6.52. The number of nitrogens with one attached hydrogen (secondary N) is 3. The fraction of sp³-hybridized carbons (Fsp3) is 0.588. The molecule has 0 saturated heterocycles. The van der Waals surface area contributed by atoms with Crippen molar-refractivity contribution in [2.24, 2.45) is 10.9 Å². The topological polar surface area (TPSA) is 57.7 Å². The Bertz CT molecular complexity index is 472. The summed E-state index contributed by atoms with van der Waals surface area (Å²) in [4.78, 5) is 4.66. The minimum atomic E-state index is 0.588. The molecule has 0 aromatic heterocycles. The lowest BCUT2D eigenvalue weighted by molar-refractivity contribution is 0.211. The van der Waals surface area contributed by atoms with Gasteiger partial charge in [0.15, 0.2) is 5.96 Å². The molecule has 5 nitrogen and oxygen atoms in total. The highest BCUT2D eigenvalue weighted by molar-refractivity contribution is 5.80. The predicted molar refractivity (Wildman–Crippen MR) is 92.3 cm³/mol. The number of nitrogens with zero attached hydrogens (tertiary/aromatic N) is 1. The molecule has 2 rings (SSSR count). The van der Waals surface area contributed by atoms with Crippen LogP contribution in [-0.2, 0) is 11.3 Å². The average molecular weight is 304 g/mol. The highest BCUT2D eigenvalue weighted by Crippen LogP contribution is 2.28. The van der Waals surface area contributed by atoms with Gasteiger partial charge in [-0.05, 0) is 37.0 Å². The van der Waals surface area contributed by atoms with Crippen LogP contribution in [0.1, 0.15) is 25.8 Å². The van der Waals surface area contributed by atoms with E-state index >= 15 is 0 Å². The minimum absolute atomic E-state index is 0.588. The SMILES string of the molecule is CCNC(=NCc1ccc(NCCOC)cc1)NC1CC1C. The normalized spacial score (nSPS) is 20.6. The van der Waals surface area contributed by atoms with Gasteiger partial charge < -0.3 is 20.7 Å². The molecular formula is C17H28N4O. The van der Waals surface area contributed by atoms with Crippen molar-refractivity contribution in [3.8, 4) is 0 Å². The molecule has 5 heteroatoms. The van der Waals surface area contributed by atoms with Crippen LogP contribution in [0.4, 0.5) is 5.69 Å². The highest BCUT2D eigenvalue weighted by atomic mass is 16.5. The van der Waals surface area contributed by atoms with Crippen molar-refractivity contribution in [2.45, 2.75) is 32.9 Å². The molecule has 3 N–H and O–H groups in total. The summed E-state index contributed by atoms with van der Waals surface area (Å²) in [5.74, 6) is 1.68. The second kappa shape index (κ2) is 8.63. The number of hydrogen-bond acceptors (Lipinski definition) is 3. The average Bonchev–Trinajstić information content (AvgIpc) is 3.22. The number of methoxy groups -OCH3 is 1. The van der Waals surface area contributed by atoms with Gasteiger partial charge in [0.25, 0.3) is 0 Å². The number of rotatable bonds is 8. The fourth-order valence-electron chi connectivity index (χ4n) is 2.21. The predicted octanol–water partition coefficient (Wildman–Crippen LogP) is 2.21. The van der Waals surface area contributed by atoms with Gasteiger partial charge in [-0.2, -0.15) is 0 Å². The molecule has 2 atom stereocenters. The molecule has 0 heterocycles. The summed E-state index contributed by atoms with van der Waals surface area (Å²) in [6.07, 6.45) is 1.24. The largest absolute Gasteiger partial charge is 0.383 e. The smallest absolute Gasteiger partial charge is 0.191 e. The minimum Gasteiger partial charge on any atom is -0.383 e. The molecule has 1 saturated carbocycles. The van der Waals surface area contributed by atoms with Gasteiger partial charge >= 0.3 is 0 Å². The van der Waals surface area contributed by atoms with Crippen LogP contribution >= 0.6 is 0 Å². The molecule has 0 amide bonds. The first-order valence-electron chi connectivity index (χ1n) is 8.09. The molecular weight excluding hydrogens is 276 g/mol. The Morgan fingerprint density at radius 3 is 2.64 bits per heavy atom. The number of aliphatic imine (C=N–C) groups is 1. The van der Waals surface area contributed by atoms with Gasteiger partial charge in [-0.1, -0.05) is 19.1 Å². The third-order valence-corrected chi connectivity index (χ3v) is 3.78. The molecule has 1 aliphatic carbocycles. The molecule has 0 spiro atoms. The molecule has 0 bridgehead atoms. The van der Waals surface area contributed by atoms with E-state index in [1.54, 1.807) is 7.11 Å². The summed E-state index contributed by atoms with van der Waals surface area (Å²) >= 11 is 0. The van der Waals surface area contributed by atoms with Crippen molar-refractivity contribution < 1.29 is 4.74 Å². The molecule has 2 unspecified atom stereocenters. The number of guanidine groups is 1. The van der Waals surface area contributed by atoms with Crippen LogP contribution in [0.25, 0.3) is 0 Å². The lowest BCUT2D eigenvalue weighted by atomic mass is 10.2. The number of hydrogen-bond donors (Lipinski definition) is 3. The Balaban J connectivity index is 1.83. The first-order valence-corrected chi connectivity index (χ1v) is 8.09. The van der Waals surface area contributed by atoms with Gasteiger partial charge in [-0.3, -0.25) is 0 Å². The zero-order valence-corrected chi connectivity index (χ0v) is 13.9. The lowest BCUT2D eigenvalue weighted by Gasteiger charge is -2.11. The Labute approximate surface area is 133 Å². The quantitative estimate of drug-likeness (QED) is 0.391. The second-order valence-electron chi connectivity index (χ2n) is 5.78. The maximum Gasteiger partial charge on any atom is 0.191 e. The van der Waals surface area contributed by atoms with E-state index < -0.39 is 0 Å². The van der Waals surface area contributed by atoms with Crippen molar-refractivity contribution in [3.63, 3.8) is 0 Å². The van der Waals surface area contributed by atoms with Crippen molar-refractivity contribution in [1.82, 2.24) is 10.6 Å². The summed E-state index contributed by atoms with van der Waals surface area (Å²) in [5.41, 5.74) is 2.32.